The quantitative estimate of drug-likeness (QED) is 0.806. The molecular formula is C14H19N3O3S. The summed E-state index contributed by atoms with van der Waals surface area (Å²) in [4.78, 5) is 4.11. The van der Waals surface area contributed by atoms with Crippen molar-refractivity contribution >= 4 is 10.0 Å². The molecule has 0 saturated carbocycles. The van der Waals surface area contributed by atoms with E-state index in [4.69, 9.17) is 10.5 Å². The second-order valence-corrected chi connectivity index (χ2v) is 6.72. The molecule has 1 unspecified atom stereocenters. The Morgan fingerprint density at radius 2 is 2.33 bits per heavy atom. The van der Waals surface area contributed by atoms with Gasteiger partial charge in [0.25, 0.3) is 0 Å². The predicted molar refractivity (Wildman–Crippen MR) is 79.0 cm³/mol. The van der Waals surface area contributed by atoms with Crippen LogP contribution in [0, 0.1) is 11.8 Å². The van der Waals surface area contributed by atoms with Crippen molar-refractivity contribution in [1.82, 2.24) is 9.29 Å². The molecule has 0 radical (unpaired) electrons. The van der Waals surface area contributed by atoms with E-state index in [9.17, 15) is 8.42 Å². The maximum atomic E-state index is 12.6. The number of sulfonamides is 1. The van der Waals surface area contributed by atoms with Crippen molar-refractivity contribution < 1.29 is 13.2 Å². The van der Waals surface area contributed by atoms with Crippen molar-refractivity contribution in [2.45, 2.75) is 23.8 Å². The van der Waals surface area contributed by atoms with Gasteiger partial charge in [0.15, 0.2) is 0 Å². The molecular weight excluding hydrogens is 290 g/mol. The van der Waals surface area contributed by atoms with Crippen LogP contribution in [-0.4, -0.2) is 50.6 Å². The van der Waals surface area contributed by atoms with Crippen molar-refractivity contribution in [3.8, 4) is 11.8 Å². The number of methoxy groups -OCH3 is 1. The summed E-state index contributed by atoms with van der Waals surface area (Å²) in [6.07, 6.45) is 4.48. The van der Waals surface area contributed by atoms with Crippen LogP contribution in [0.25, 0.3) is 0 Å². The highest BCUT2D eigenvalue weighted by molar-refractivity contribution is 7.89. The van der Waals surface area contributed by atoms with E-state index in [2.05, 4.69) is 16.8 Å². The smallest absolute Gasteiger partial charge is 0.244 e. The van der Waals surface area contributed by atoms with Gasteiger partial charge in [0.2, 0.25) is 10.0 Å². The van der Waals surface area contributed by atoms with Gasteiger partial charge in [-0.25, -0.2) is 8.42 Å². The number of hydrogen-bond acceptors (Lipinski definition) is 5. The Hall–Kier alpha value is -1.46. The molecule has 1 aromatic rings. The first-order valence-electron chi connectivity index (χ1n) is 6.75. The number of nitrogens with two attached hydrogens (primary N) is 1. The molecule has 0 spiro atoms. The van der Waals surface area contributed by atoms with Crippen molar-refractivity contribution in [3.05, 3.63) is 24.0 Å². The second kappa shape index (κ2) is 7.00. The third-order valence-corrected chi connectivity index (χ3v) is 5.19. The van der Waals surface area contributed by atoms with Gasteiger partial charge < -0.3 is 10.5 Å². The van der Waals surface area contributed by atoms with Crippen molar-refractivity contribution in [3.63, 3.8) is 0 Å². The van der Waals surface area contributed by atoms with Crippen LogP contribution in [0.4, 0.5) is 0 Å². The predicted octanol–water partition coefficient (Wildman–Crippen LogP) is 0.191. The maximum Gasteiger partial charge on any atom is 0.244 e. The summed E-state index contributed by atoms with van der Waals surface area (Å²) in [5, 5.41) is 0. The fourth-order valence-electron chi connectivity index (χ4n) is 2.25. The second-order valence-electron chi connectivity index (χ2n) is 4.78. The zero-order chi connectivity index (χ0) is 15.3. The van der Waals surface area contributed by atoms with E-state index >= 15 is 0 Å². The normalized spacial score (nSPS) is 19.8. The van der Waals surface area contributed by atoms with Gasteiger partial charge in [-0.15, -0.1) is 0 Å². The van der Waals surface area contributed by atoms with Crippen LogP contribution in [0.3, 0.4) is 0 Å². The number of hydrogen-bond donors (Lipinski definition) is 1. The number of rotatable bonds is 3. The Bertz CT molecular complexity index is 649. The first-order chi connectivity index (χ1) is 10.1. The molecule has 2 heterocycles. The van der Waals surface area contributed by atoms with Gasteiger partial charge in [-0.2, -0.15) is 4.31 Å². The molecule has 1 aliphatic heterocycles. The van der Waals surface area contributed by atoms with E-state index in [0.29, 0.717) is 18.7 Å². The minimum absolute atomic E-state index is 0.0540. The topological polar surface area (TPSA) is 85.5 Å². The molecule has 1 aromatic heterocycles. The van der Waals surface area contributed by atoms with Crippen LogP contribution in [0.5, 0.6) is 0 Å². The van der Waals surface area contributed by atoms with Gasteiger partial charge in [-0.1, -0.05) is 11.8 Å². The lowest BCUT2D eigenvalue weighted by atomic mass is 10.1. The molecule has 6 nitrogen and oxygen atoms in total. The lowest BCUT2D eigenvalue weighted by Crippen LogP contribution is -2.42. The zero-order valence-electron chi connectivity index (χ0n) is 11.9. The molecule has 7 heteroatoms. The third-order valence-electron chi connectivity index (χ3n) is 3.36. The highest BCUT2D eigenvalue weighted by Gasteiger charge is 2.30. The van der Waals surface area contributed by atoms with Crippen LogP contribution in [0.15, 0.2) is 23.4 Å². The summed E-state index contributed by atoms with van der Waals surface area (Å²) in [5.74, 6) is 5.48. The Balaban J connectivity index is 2.26. The van der Waals surface area contributed by atoms with Crippen LogP contribution < -0.4 is 5.73 Å². The summed E-state index contributed by atoms with van der Waals surface area (Å²) < 4.78 is 32.0. The maximum absolute atomic E-state index is 12.6. The highest BCUT2D eigenvalue weighted by Crippen LogP contribution is 2.21. The SMILES string of the molecule is COC1CCCN(S(=O)(=O)c2cncc(C#CCN)c2)C1. The highest BCUT2D eigenvalue weighted by atomic mass is 32.2. The van der Waals surface area contributed by atoms with Gasteiger partial charge in [0.1, 0.15) is 4.90 Å². The number of pyridine rings is 1. The molecule has 2 N–H and O–H groups in total. The number of ether oxygens (including phenoxy) is 1. The average molecular weight is 309 g/mol. The van der Waals surface area contributed by atoms with Crippen LogP contribution in [0.2, 0.25) is 0 Å². The fraction of sp³-hybridized carbons (Fsp3) is 0.500. The van der Waals surface area contributed by atoms with Gasteiger partial charge in [0, 0.05) is 38.2 Å². The third kappa shape index (κ3) is 3.80. The molecule has 1 fully saturated rings. The van der Waals surface area contributed by atoms with E-state index in [1.807, 2.05) is 0 Å². The summed E-state index contributed by atoms with van der Waals surface area (Å²) >= 11 is 0. The van der Waals surface area contributed by atoms with E-state index in [1.54, 1.807) is 7.11 Å². The van der Waals surface area contributed by atoms with Crippen molar-refractivity contribution in [1.29, 1.82) is 0 Å². The lowest BCUT2D eigenvalue weighted by Gasteiger charge is -2.30. The van der Waals surface area contributed by atoms with Gasteiger partial charge >= 0.3 is 0 Å². The Morgan fingerprint density at radius 1 is 1.52 bits per heavy atom. The summed E-state index contributed by atoms with van der Waals surface area (Å²) in [5.41, 5.74) is 5.86. The molecule has 1 atom stereocenters. The molecule has 0 aliphatic carbocycles. The van der Waals surface area contributed by atoms with Gasteiger partial charge in [-0.3, -0.25) is 4.98 Å². The minimum atomic E-state index is -3.56. The molecule has 114 valence electrons. The zero-order valence-corrected chi connectivity index (χ0v) is 12.8. The molecule has 0 bridgehead atoms. The molecule has 1 aliphatic rings. The lowest BCUT2D eigenvalue weighted by molar-refractivity contribution is 0.0572. The van der Waals surface area contributed by atoms with Crippen LogP contribution in [-0.2, 0) is 14.8 Å². The Morgan fingerprint density at radius 3 is 3.05 bits per heavy atom. The summed E-state index contributed by atoms with van der Waals surface area (Å²) in [6, 6.07) is 1.53. The van der Waals surface area contributed by atoms with E-state index in [-0.39, 0.29) is 17.5 Å². The van der Waals surface area contributed by atoms with Crippen molar-refractivity contribution in [2.24, 2.45) is 5.73 Å². The Kier molecular flexibility index (Phi) is 5.31. The van der Waals surface area contributed by atoms with Gasteiger partial charge in [-0.05, 0) is 18.9 Å². The standard InChI is InChI=1S/C14H19N3O3S/c1-20-13-5-3-7-17(11-13)21(18,19)14-8-12(4-2-6-15)9-16-10-14/h8-10,13H,3,5-7,11,15H2,1H3. The van der Waals surface area contributed by atoms with E-state index < -0.39 is 10.0 Å². The molecule has 0 aromatic carbocycles. The van der Waals surface area contributed by atoms with Gasteiger partial charge in [0.05, 0.1) is 12.6 Å². The fourth-order valence-corrected chi connectivity index (χ4v) is 3.75. The van der Waals surface area contributed by atoms with E-state index in [1.165, 1.54) is 22.8 Å². The molecule has 1 saturated heterocycles. The van der Waals surface area contributed by atoms with Crippen LogP contribution in [0.1, 0.15) is 18.4 Å². The average Bonchev–Trinajstić information content (AvgIpc) is 2.53. The summed E-state index contributed by atoms with van der Waals surface area (Å²) in [6.45, 7) is 1.09. The van der Waals surface area contributed by atoms with Crippen molar-refractivity contribution in [2.75, 3.05) is 26.7 Å². The number of aromatic nitrogens is 1. The molecule has 2 rings (SSSR count). The summed E-state index contributed by atoms with van der Waals surface area (Å²) in [7, 11) is -1.96. The first kappa shape index (κ1) is 15.9. The van der Waals surface area contributed by atoms with Crippen LogP contribution >= 0.6 is 0 Å². The number of piperidine rings is 1. The molecule has 0 amide bonds. The first-order valence-corrected chi connectivity index (χ1v) is 8.19. The Labute approximate surface area is 125 Å². The molecule has 21 heavy (non-hydrogen) atoms. The minimum Gasteiger partial charge on any atom is -0.380 e. The monoisotopic (exact) mass is 309 g/mol. The number of nitrogens with zero attached hydrogens (tertiary/aromatic N) is 2. The van der Waals surface area contributed by atoms with E-state index in [0.717, 1.165) is 12.8 Å². The largest absolute Gasteiger partial charge is 0.380 e.